The van der Waals surface area contributed by atoms with Gasteiger partial charge in [0.05, 0.1) is 31.5 Å². The molecule has 0 unspecified atom stereocenters. The minimum Gasteiger partial charge on any atom is -0.467 e. The average Bonchev–Trinajstić information content (AvgIpc) is 3.27. The Morgan fingerprint density at radius 1 is 1.00 bits per heavy atom. The third-order valence-corrected chi connectivity index (χ3v) is 4.29. The number of rotatable bonds is 8. The maximum absolute atomic E-state index is 12.3. The molecule has 2 N–H and O–H groups in total. The number of esters is 1. The van der Waals surface area contributed by atoms with Crippen LogP contribution in [0.1, 0.15) is 33.3 Å². The van der Waals surface area contributed by atoms with E-state index in [-0.39, 0.29) is 24.5 Å². The second kappa shape index (κ2) is 9.53. The van der Waals surface area contributed by atoms with Crippen molar-refractivity contribution in [2.75, 3.05) is 13.7 Å². The quantitative estimate of drug-likeness (QED) is 0.589. The zero-order chi connectivity index (χ0) is 19.8. The van der Waals surface area contributed by atoms with Crippen molar-refractivity contribution in [2.24, 2.45) is 0 Å². The van der Waals surface area contributed by atoms with E-state index in [1.165, 1.54) is 7.11 Å². The second-order valence-electron chi connectivity index (χ2n) is 6.21. The summed E-state index contributed by atoms with van der Waals surface area (Å²) >= 11 is 0. The highest BCUT2D eigenvalue weighted by molar-refractivity contribution is 5.89. The molecule has 1 atom stereocenters. The third kappa shape index (κ3) is 5.08. The largest absolute Gasteiger partial charge is 0.467 e. The third-order valence-electron chi connectivity index (χ3n) is 4.29. The molecule has 0 saturated carbocycles. The molecule has 6 nitrogen and oxygen atoms in total. The molecule has 2 aromatic carbocycles. The topological polar surface area (TPSA) is 80.6 Å². The molecule has 0 fully saturated rings. The zero-order valence-electron chi connectivity index (χ0n) is 15.6. The molecule has 6 heteroatoms. The summed E-state index contributed by atoms with van der Waals surface area (Å²) in [7, 11) is 1.34. The Hall–Kier alpha value is -3.38. The number of amides is 1. The molecule has 28 heavy (non-hydrogen) atoms. The van der Waals surface area contributed by atoms with Crippen LogP contribution in [0, 0.1) is 0 Å². The number of benzene rings is 2. The number of furan rings is 1. The lowest BCUT2D eigenvalue weighted by Crippen LogP contribution is -2.35. The van der Waals surface area contributed by atoms with Crippen LogP contribution in [0.3, 0.4) is 0 Å². The summed E-state index contributed by atoms with van der Waals surface area (Å²) in [5.41, 5.74) is 2.39. The smallest absolute Gasteiger partial charge is 0.337 e. The van der Waals surface area contributed by atoms with Crippen LogP contribution in [0.2, 0.25) is 0 Å². The van der Waals surface area contributed by atoms with Gasteiger partial charge >= 0.3 is 5.97 Å². The van der Waals surface area contributed by atoms with E-state index in [9.17, 15) is 9.59 Å². The highest BCUT2D eigenvalue weighted by atomic mass is 16.5. The first-order chi connectivity index (χ1) is 13.7. The number of hydrogen-bond donors (Lipinski definition) is 2. The second-order valence-corrected chi connectivity index (χ2v) is 6.21. The molecule has 1 amide bonds. The van der Waals surface area contributed by atoms with Gasteiger partial charge in [-0.3, -0.25) is 10.1 Å². The molecule has 0 radical (unpaired) electrons. The van der Waals surface area contributed by atoms with Gasteiger partial charge < -0.3 is 14.5 Å². The number of carbonyl (C=O) groups excluding carboxylic acids is 2. The molecule has 144 valence electrons. The fourth-order valence-corrected chi connectivity index (χ4v) is 2.82. The number of hydrogen-bond acceptors (Lipinski definition) is 5. The van der Waals surface area contributed by atoms with Crippen LogP contribution in [0.25, 0.3) is 0 Å². The van der Waals surface area contributed by atoms with Gasteiger partial charge in [0.25, 0.3) is 0 Å². The molecule has 0 aliphatic heterocycles. The predicted molar refractivity (Wildman–Crippen MR) is 105 cm³/mol. The minimum atomic E-state index is -0.385. The van der Waals surface area contributed by atoms with Crippen LogP contribution in [0.4, 0.5) is 0 Å². The van der Waals surface area contributed by atoms with Crippen molar-refractivity contribution in [3.05, 3.63) is 95.4 Å². The molecule has 1 heterocycles. The fourth-order valence-electron chi connectivity index (χ4n) is 2.82. The van der Waals surface area contributed by atoms with Gasteiger partial charge in [-0.2, -0.15) is 0 Å². The lowest BCUT2D eigenvalue weighted by Gasteiger charge is -2.17. The lowest BCUT2D eigenvalue weighted by molar-refractivity contribution is -0.120. The zero-order valence-corrected chi connectivity index (χ0v) is 15.6. The molecule has 0 saturated heterocycles. The minimum absolute atomic E-state index is 0.135. The first-order valence-corrected chi connectivity index (χ1v) is 8.93. The van der Waals surface area contributed by atoms with Gasteiger partial charge in [-0.25, -0.2) is 4.79 Å². The molecule has 3 aromatic rings. The Balaban J connectivity index is 1.54. The molecule has 0 bridgehead atoms. The van der Waals surface area contributed by atoms with Crippen molar-refractivity contribution in [1.82, 2.24) is 10.6 Å². The molecule has 3 rings (SSSR count). The highest BCUT2D eigenvalue weighted by Crippen LogP contribution is 2.21. The van der Waals surface area contributed by atoms with E-state index in [1.807, 2.05) is 42.5 Å². The first-order valence-electron chi connectivity index (χ1n) is 8.93. The summed E-state index contributed by atoms with van der Waals surface area (Å²) in [5, 5.41) is 6.10. The highest BCUT2D eigenvalue weighted by Gasteiger charge is 2.17. The van der Waals surface area contributed by atoms with Gasteiger partial charge in [-0.15, -0.1) is 0 Å². The Bertz CT molecular complexity index is 890. The summed E-state index contributed by atoms with van der Waals surface area (Å²) in [6.45, 7) is 0.513. The Morgan fingerprint density at radius 3 is 2.39 bits per heavy atom. The van der Waals surface area contributed by atoms with Crippen LogP contribution in [-0.2, 0) is 16.1 Å². The molecular weight excluding hydrogens is 356 g/mol. The van der Waals surface area contributed by atoms with Crippen LogP contribution >= 0.6 is 0 Å². The summed E-state index contributed by atoms with van der Waals surface area (Å²) in [6.07, 6.45) is 1.62. The summed E-state index contributed by atoms with van der Waals surface area (Å²) in [5.74, 6) is 0.228. The standard InChI is InChI=1S/C22H22N2O4/c1-27-22(26)18-11-9-16(10-12-18)14-23-20(25)15-24-21(19-8-5-13-28-19)17-6-3-2-4-7-17/h2-13,21,24H,14-15H2,1H3,(H,23,25)/t21-/m1/s1. The van der Waals surface area contributed by atoms with E-state index in [2.05, 4.69) is 15.4 Å². The van der Waals surface area contributed by atoms with E-state index in [0.717, 1.165) is 16.9 Å². The number of methoxy groups -OCH3 is 1. The van der Waals surface area contributed by atoms with Gasteiger partial charge in [-0.1, -0.05) is 42.5 Å². The summed E-state index contributed by atoms with van der Waals surface area (Å²) < 4.78 is 10.2. The van der Waals surface area contributed by atoms with E-state index < -0.39 is 0 Å². The molecule has 0 aliphatic carbocycles. The fraction of sp³-hybridized carbons (Fsp3) is 0.182. The van der Waals surface area contributed by atoms with Gasteiger partial charge in [0, 0.05) is 6.54 Å². The van der Waals surface area contributed by atoms with E-state index in [4.69, 9.17) is 4.42 Å². The van der Waals surface area contributed by atoms with Crippen LogP contribution in [-0.4, -0.2) is 25.5 Å². The monoisotopic (exact) mass is 378 g/mol. The Labute approximate surface area is 163 Å². The van der Waals surface area contributed by atoms with E-state index >= 15 is 0 Å². The van der Waals surface area contributed by atoms with Crippen molar-refractivity contribution in [1.29, 1.82) is 0 Å². The van der Waals surface area contributed by atoms with Gasteiger partial charge in [-0.05, 0) is 35.4 Å². The number of ether oxygens (including phenoxy) is 1. The van der Waals surface area contributed by atoms with E-state index in [1.54, 1.807) is 30.5 Å². The van der Waals surface area contributed by atoms with Crippen LogP contribution < -0.4 is 10.6 Å². The molecule has 0 spiro atoms. The predicted octanol–water partition coefficient (Wildman–Crippen LogP) is 3.06. The maximum Gasteiger partial charge on any atom is 0.337 e. The van der Waals surface area contributed by atoms with Crippen LogP contribution in [0.5, 0.6) is 0 Å². The van der Waals surface area contributed by atoms with Crippen LogP contribution in [0.15, 0.2) is 77.4 Å². The molecule has 0 aliphatic rings. The molecular formula is C22H22N2O4. The van der Waals surface area contributed by atoms with Gasteiger partial charge in [0.15, 0.2) is 0 Å². The Morgan fingerprint density at radius 2 is 1.75 bits per heavy atom. The van der Waals surface area contributed by atoms with Crippen molar-refractivity contribution < 1.29 is 18.7 Å². The van der Waals surface area contributed by atoms with Crippen molar-refractivity contribution in [2.45, 2.75) is 12.6 Å². The molecule has 1 aromatic heterocycles. The number of nitrogens with one attached hydrogen (secondary N) is 2. The first kappa shape index (κ1) is 19.4. The SMILES string of the molecule is COC(=O)c1ccc(CNC(=O)CN[C@H](c2ccccc2)c2ccco2)cc1. The lowest BCUT2D eigenvalue weighted by atomic mass is 10.0. The van der Waals surface area contributed by atoms with Crippen molar-refractivity contribution in [3.8, 4) is 0 Å². The Kier molecular flexibility index (Phi) is 6.59. The average molecular weight is 378 g/mol. The maximum atomic E-state index is 12.3. The van der Waals surface area contributed by atoms with Gasteiger partial charge in [0.1, 0.15) is 5.76 Å². The normalized spacial score (nSPS) is 11.6. The van der Waals surface area contributed by atoms with Gasteiger partial charge in [0.2, 0.25) is 5.91 Å². The summed E-state index contributed by atoms with van der Waals surface area (Å²) in [4.78, 5) is 23.7. The number of carbonyl (C=O) groups is 2. The van der Waals surface area contributed by atoms with Crippen molar-refractivity contribution >= 4 is 11.9 Å². The summed E-state index contributed by atoms with van der Waals surface area (Å²) in [6, 6.07) is 20.2. The van der Waals surface area contributed by atoms with E-state index in [0.29, 0.717) is 12.1 Å². The van der Waals surface area contributed by atoms with Crippen molar-refractivity contribution in [3.63, 3.8) is 0 Å².